The number of amides is 2. The Morgan fingerprint density at radius 1 is 0.649 bits per heavy atom. The minimum absolute atomic E-state index is 0.151. The molecule has 422 valence electrons. The molecule has 4 aromatic rings. The summed E-state index contributed by atoms with van der Waals surface area (Å²) >= 11 is 1.57. The van der Waals surface area contributed by atoms with Gasteiger partial charge < -0.3 is 29.9 Å². The molecule has 0 aromatic heterocycles. The fraction of sp³-hybridized carbons (Fsp3) is 0.527. The Hall–Kier alpha value is -5.23. The van der Waals surface area contributed by atoms with Crippen LogP contribution in [0.4, 0.5) is 25.8 Å². The maximum Gasteiger partial charge on any atom is 0.293 e. The Morgan fingerprint density at radius 2 is 1.12 bits per heavy atom. The third-order valence-electron chi connectivity index (χ3n) is 14.6. The number of methoxy groups -OCH3 is 2. The number of benzene rings is 4. The normalized spacial score (nSPS) is 16.7. The lowest BCUT2D eigenvalue weighted by Crippen LogP contribution is -2.49. The van der Waals surface area contributed by atoms with E-state index >= 15 is 8.78 Å². The van der Waals surface area contributed by atoms with Crippen molar-refractivity contribution in [3.8, 4) is 11.1 Å². The van der Waals surface area contributed by atoms with Gasteiger partial charge in [-0.3, -0.25) is 19.7 Å². The molecule has 0 bridgehead atoms. The van der Waals surface area contributed by atoms with Crippen LogP contribution < -0.4 is 20.1 Å². The summed E-state index contributed by atoms with van der Waals surface area (Å²) in [5.41, 5.74) is -0.424. The van der Waals surface area contributed by atoms with E-state index in [9.17, 15) is 36.5 Å². The van der Waals surface area contributed by atoms with Gasteiger partial charge >= 0.3 is 0 Å². The number of halogens is 2. The number of hydrogen-bond acceptors (Lipinski definition) is 15. The van der Waals surface area contributed by atoms with Crippen molar-refractivity contribution >= 4 is 60.7 Å². The summed E-state index contributed by atoms with van der Waals surface area (Å²) in [5.74, 6) is -3.30. The highest BCUT2D eigenvalue weighted by Crippen LogP contribution is 2.35. The summed E-state index contributed by atoms with van der Waals surface area (Å²) < 4.78 is 100. The van der Waals surface area contributed by atoms with Crippen molar-refractivity contribution in [3.63, 3.8) is 0 Å². The molecule has 0 unspecified atom stereocenters. The van der Waals surface area contributed by atoms with Gasteiger partial charge in [0.1, 0.15) is 22.6 Å². The maximum atomic E-state index is 15.7. The van der Waals surface area contributed by atoms with Crippen molar-refractivity contribution < 1.29 is 49.6 Å². The zero-order chi connectivity index (χ0) is 56.0. The van der Waals surface area contributed by atoms with Crippen LogP contribution in [0.5, 0.6) is 0 Å². The van der Waals surface area contributed by atoms with Crippen molar-refractivity contribution in [1.82, 2.24) is 19.2 Å². The number of carbonyl (C=O) groups excluding carboxylic acids is 2. The van der Waals surface area contributed by atoms with Crippen molar-refractivity contribution in [2.45, 2.75) is 141 Å². The van der Waals surface area contributed by atoms with Crippen LogP contribution in [-0.4, -0.2) is 128 Å². The van der Waals surface area contributed by atoms with E-state index in [-0.39, 0.29) is 17.8 Å². The number of nitrogens with one attached hydrogen (secondary N) is 4. The zero-order valence-corrected chi connectivity index (χ0v) is 47.4. The van der Waals surface area contributed by atoms with Crippen LogP contribution in [0.15, 0.2) is 93.5 Å². The van der Waals surface area contributed by atoms with Crippen LogP contribution in [0.3, 0.4) is 0 Å². The molecule has 0 heterocycles. The van der Waals surface area contributed by atoms with Gasteiger partial charge in [0, 0.05) is 43.0 Å². The number of aryl methyl sites for hydroxylation is 1. The van der Waals surface area contributed by atoms with E-state index in [1.807, 2.05) is 91.2 Å². The third-order valence-corrected chi connectivity index (χ3v) is 18.4. The molecular weight excluding hydrogens is 1050 g/mol. The van der Waals surface area contributed by atoms with Gasteiger partial charge in [0.25, 0.3) is 37.5 Å². The molecule has 2 fully saturated rings. The van der Waals surface area contributed by atoms with Crippen LogP contribution in [0.25, 0.3) is 11.1 Å². The number of nitro benzene ring substituents is 1. The fourth-order valence-corrected chi connectivity index (χ4v) is 13.0. The molecule has 2 saturated carbocycles. The number of ether oxygens (including phenoxy) is 2. The Balaban J connectivity index is 1.07. The lowest BCUT2D eigenvalue weighted by molar-refractivity contribution is -0.384. The van der Waals surface area contributed by atoms with E-state index in [2.05, 4.69) is 15.4 Å². The minimum atomic E-state index is -4.63. The molecule has 0 radical (unpaired) electrons. The molecule has 17 nitrogen and oxygen atoms in total. The Morgan fingerprint density at radius 3 is 1.58 bits per heavy atom. The molecular formula is C55H75F2N7O10S3. The summed E-state index contributed by atoms with van der Waals surface area (Å²) in [6.07, 6.45) is 10.1. The monoisotopic (exact) mass is 1130 g/mol. The van der Waals surface area contributed by atoms with Crippen LogP contribution in [0.2, 0.25) is 0 Å². The fourth-order valence-electron chi connectivity index (χ4n) is 9.87. The molecule has 0 aliphatic heterocycles. The second-order valence-corrected chi connectivity index (χ2v) is 25.2. The number of nitro groups is 1. The van der Waals surface area contributed by atoms with Gasteiger partial charge in [0.2, 0.25) is 0 Å². The van der Waals surface area contributed by atoms with Gasteiger partial charge in [0.15, 0.2) is 11.6 Å². The smallest absolute Gasteiger partial charge is 0.293 e. The third kappa shape index (κ3) is 16.7. The van der Waals surface area contributed by atoms with Crippen molar-refractivity contribution in [3.05, 3.63) is 106 Å². The number of nitrogens with zero attached hydrogens (tertiary/aromatic N) is 3. The quantitative estimate of drug-likeness (QED) is 0.0199. The summed E-state index contributed by atoms with van der Waals surface area (Å²) in [4.78, 5) is 42.2. The predicted molar refractivity (Wildman–Crippen MR) is 297 cm³/mol. The van der Waals surface area contributed by atoms with Gasteiger partial charge in [-0.05, 0) is 146 Å². The van der Waals surface area contributed by atoms with Gasteiger partial charge in [-0.1, -0.05) is 87.8 Å². The highest BCUT2D eigenvalue weighted by molar-refractivity contribution is 7.99. The molecule has 6 rings (SSSR count). The second-order valence-electron chi connectivity index (χ2n) is 20.7. The number of sulfonamides is 2. The van der Waals surface area contributed by atoms with E-state index in [0.717, 1.165) is 65.5 Å². The average molecular weight is 1130 g/mol. The molecule has 4 aromatic carbocycles. The number of hydrogen-bond donors (Lipinski definition) is 4. The zero-order valence-electron chi connectivity index (χ0n) is 45.0. The maximum absolute atomic E-state index is 15.7. The molecule has 77 heavy (non-hydrogen) atoms. The minimum Gasteiger partial charge on any atom is -0.378 e. The predicted octanol–water partition coefficient (Wildman–Crippen LogP) is 9.52. The first-order chi connectivity index (χ1) is 36.6. The molecule has 2 aliphatic rings. The highest BCUT2D eigenvalue weighted by Gasteiger charge is 2.42. The molecule has 4 N–H and O–H groups in total. The van der Waals surface area contributed by atoms with Crippen LogP contribution >= 0.6 is 11.8 Å². The molecule has 2 atom stereocenters. The van der Waals surface area contributed by atoms with E-state index in [0.29, 0.717) is 95.9 Å². The SMILES string of the molecule is COC1(C(=O)NS(=O)(=O)c2cc(F)c(N[C@@H](CCc3ccc(-c4ccc(SC[C@@H](CCN(C)C)Nc5ccc(S(=O)(=O)NC(=O)C6(OC)CCCCCC6)cc5[N+](=O)[O-])cc4)cc3)CCN(C)C)c(F)c2)CCCCCC1. The largest absolute Gasteiger partial charge is 0.378 e. The Bertz CT molecular complexity index is 2840. The topological polar surface area (TPSA) is 219 Å². The van der Waals surface area contributed by atoms with Gasteiger partial charge in [-0.2, -0.15) is 0 Å². The van der Waals surface area contributed by atoms with Crippen LogP contribution in [0.1, 0.15) is 102 Å². The summed E-state index contributed by atoms with van der Waals surface area (Å²) in [6, 6.07) is 20.4. The standard InChI is InChI=1S/C55H75F2N7O10S3/c1-62(2)33-27-42(59-51-47(56)35-46(36-48(51)57)77(71,72)61-53(66)55(74-6)31-13-9-10-14-32-55)22-17-39-15-18-40(19-16-39)41-20-23-44(24-21-41)75-38-43(28-34-63(3)4)58-49-26-25-45(37-50(49)64(67)68)76(69,70)60-52(65)54(73-5)29-11-7-8-12-30-54/h15-16,18-21,23-26,35-37,42-43,58-59H,7-14,17,22,27-34,38H2,1-6H3,(H,60,65)(H,61,66)/t42-,43+/m0/s1. The summed E-state index contributed by atoms with van der Waals surface area (Å²) in [6.45, 7) is 1.29. The summed E-state index contributed by atoms with van der Waals surface area (Å²) in [5, 5.41) is 18.7. The van der Waals surface area contributed by atoms with Gasteiger partial charge in [-0.25, -0.2) is 35.1 Å². The highest BCUT2D eigenvalue weighted by atomic mass is 32.2. The Kier molecular flexibility index (Phi) is 21.8. The first-order valence-corrected chi connectivity index (χ1v) is 30.2. The van der Waals surface area contributed by atoms with Crippen LogP contribution in [-0.2, 0) is 45.5 Å². The lowest BCUT2D eigenvalue weighted by Gasteiger charge is -2.29. The molecule has 0 spiro atoms. The van der Waals surface area contributed by atoms with E-state index in [1.165, 1.54) is 26.4 Å². The number of thioether (sulfide) groups is 1. The molecule has 0 saturated heterocycles. The number of rotatable bonds is 26. The number of carbonyl (C=O) groups is 2. The van der Waals surface area contributed by atoms with E-state index in [4.69, 9.17) is 9.47 Å². The van der Waals surface area contributed by atoms with Crippen molar-refractivity contribution in [2.24, 2.45) is 0 Å². The van der Waals surface area contributed by atoms with Gasteiger partial charge in [-0.15, -0.1) is 11.8 Å². The average Bonchev–Trinajstić information content (AvgIpc) is 3.82. The van der Waals surface area contributed by atoms with E-state index in [1.54, 1.807) is 11.8 Å². The first kappa shape index (κ1) is 61.0. The van der Waals surface area contributed by atoms with Crippen molar-refractivity contribution in [1.29, 1.82) is 0 Å². The molecule has 2 aliphatic carbocycles. The number of anilines is 2. The van der Waals surface area contributed by atoms with Crippen molar-refractivity contribution in [2.75, 3.05) is 71.9 Å². The summed E-state index contributed by atoms with van der Waals surface area (Å²) in [7, 11) is 1.32. The second kappa shape index (κ2) is 27.6. The van der Waals surface area contributed by atoms with E-state index < -0.39 is 80.8 Å². The first-order valence-electron chi connectivity index (χ1n) is 26.3. The Labute approximate surface area is 457 Å². The van der Waals surface area contributed by atoms with Crippen LogP contribution in [0, 0.1) is 21.7 Å². The lowest BCUT2D eigenvalue weighted by atomic mass is 9.93. The molecule has 2 amide bonds. The van der Waals surface area contributed by atoms with Gasteiger partial charge in [0.05, 0.1) is 14.7 Å². The molecule has 22 heteroatoms.